The number of hydrogen-bond acceptors (Lipinski definition) is 5. The fraction of sp³-hybridized carbons (Fsp3) is 0.0417. The van der Waals surface area contributed by atoms with E-state index in [1.807, 2.05) is 54.6 Å². The van der Waals surface area contributed by atoms with Gasteiger partial charge >= 0.3 is 5.91 Å². The Morgan fingerprint density at radius 1 is 0.677 bits per heavy atom. The van der Waals surface area contributed by atoms with Gasteiger partial charge in [-0.1, -0.05) is 54.6 Å². The molecule has 3 aliphatic heterocycles. The van der Waals surface area contributed by atoms with E-state index in [0.29, 0.717) is 34.0 Å². The number of carbonyl (C=O) groups excluding carboxylic acids is 3. The quantitative estimate of drug-likeness (QED) is 0.538. The fourth-order valence-electron chi connectivity index (χ4n) is 4.51. The maximum Gasteiger partial charge on any atom is 0.301 e. The van der Waals surface area contributed by atoms with Gasteiger partial charge in [-0.3, -0.25) is 19.3 Å². The van der Waals surface area contributed by atoms with Gasteiger partial charge in [0.25, 0.3) is 11.7 Å². The maximum atomic E-state index is 13.6. The van der Waals surface area contributed by atoms with Crippen molar-refractivity contribution in [1.82, 2.24) is 0 Å². The third kappa shape index (κ3) is 2.20. The minimum absolute atomic E-state index is 0.0758. The number of para-hydroxylation sites is 4. The van der Waals surface area contributed by atoms with Gasteiger partial charge in [0.05, 0.1) is 34.0 Å². The molecule has 3 N–H and O–H groups in total. The van der Waals surface area contributed by atoms with Crippen LogP contribution in [0.25, 0.3) is 5.70 Å². The first-order chi connectivity index (χ1) is 15.1. The average molecular weight is 408 g/mol. The molecule has 3 aromatic rings. The van der Waals surface area contributed by atoms with Crippen molar-refractivity contribution in [1.29, 1.82) is 0 Å². The summed E-state index contributed by atoms with van der Waals surface area (Å²) in [4.78, 5) is 41.7. The summed E-state index contributed by atoms with van der Waals surface area (Å²) in [5.74, 6) is -1.97. The van der Waals surface area contributed by atoms with Gasteiger partial charge < -0.3 is 16.0 Å². The monoisotopic (exact) mass is 408 g/mol. The third-order valence-electron chi connectivity index (χ3n) is 5.86. The lowest BCUT2D eigenvalue weighted by molar-refractivity contribution is -0.132. The van der Waals surface area contributed by atoms with Crippen LogP contribution in [0.2, 0.25) is 0 Å². The van der Waals surface area contributed by atoms with Crippen LogP contribution in [0.5, 0.6) is 0 Å². The zero-order chi connectivity index (χ0) is 21.2. The van der Waals surface area contributed by atoms with Crippen LogP contribution < -0.4 is 20.9 Å². The highest BCUT2D eigenvalue weighted by molar-refractivity contribution is 6.56. The van der Waals surface area contributed by atoms with Crippen molar-refractivity contribution in [3.63, 3.8) is 0 Å². The summed E-state index contributed by atoms with van der Waals surface area (Å²) in [5.41, 5.74) is 1.74. The minimum atomic E-state index is -1.71. The highest BCUT2D eigenvalue weighted by Crippen LogP contribution is 2.49. The van der Waals surface area contributed by atoms with Crippen LogP contribution in [0.1, 0.15) is 5.56 Å². The Morgan fingerprint density at radius 3 is 2.10 bits per heavy atom. The van der Waals surface area contributed by atoms with Crippen molar-refractivity contribution < 1.29 is 14.4 Å². The molecular weight excluding hydrogens is 392 g/mol. The molecule has 2 amide bonds. The molecule has 150 valence electrons. The maximum absolute atomic E-state index is 13.6. The molecule has 7 nitrogen and oxygen atoms in total. The molecule has 1 atom stereocenters. The van der Waals surface area contributed by atoms with Crippen LogP contribution in [0.4, 0.5) is 22.7 Å². The van der Waals surface area contributed by atoms with Gasteiger partial charge in [-0.05, 0) is 29.8 Å². The van der Waals surface area contributed by atoms with Gasteiger partial charge in [0.1, 0.15) is 0 Å². The molecule has 0 unspecified atom stereocenters. The molecule has 3 heterocycles. The number of nitrogens with one attached hydrogen (secondary N) is 3. The molecule has 1 spiro atoms. The first kappa shape index (κ1) is 17.5. The highest BCUT2D eigenvalue weighted by atomic mass is 16.2. The van der Waals surface area contributed by atoms with Gasteiger partial charge in [-0.15, -0.1) is 0 Å². The Balaban J connectivity index is 1.73. The van der Waals surface area contributed by atoms with Gasteiger partial charge in [0.2, 0.25) is 5.66 Å². The lowest BCUT2D eigenvalue weighted by Gasteiger charge is -2.42. The fourth-order valence-corrected chi connectivity index (χ4v) is 4.51. The summed E-state index contributed by atoms with van der Waals surface area (Å²) in [6.45, 7) is 0. The second-order valence-corrected chi connectivity index (χ2v) is 7.56. The smallest absolute Gasteiger partial charge is 0.301 e. The highest BCUT2D eigenvalue weighted by Gasteiger charge is 2.65. The van der Waals surface area contributed by atoms with Gasteiger partial charge in [-0.25, -0.2) is 0 Å². The van der Waals surface area contributed by atoms with Crippen LogP contribution >= 0.6 is 0 Å². The number of amides is 2. The van der Waals surface area contributed by atoms with E-state index in [2.05, 4.69) is 16.0 Å². The number of nitrogens with zero attached hydrogens (tertiary/aromatic N) is 1. The average Bonchev–Trinajstić information content (AvgIpc) is 2.93. The van der Waals surface area contributed by atoms with E-state index in [4.69, 9.17) is 0 Å². The molecule has 3 aromatic carbocycles. The van der Waals surface area contributed by atoms with Crippen molar-refractivity contribution in [3.8, 4) is 0 Å². The topological polar surface area (TPSA) is 90.5 Å². The van der Waals surface area contributed by atoms with Crippen LogP contribution in [0.3, 0.4) is 0 Å². The second kappa shape index (κ2) is 6.06. The molecule has 0 aliphatic carbocycles. The van der Waals surface area contributed by atoms with Gasteiger partial charge in [0, 0.05) is 0 Å². The van der Waals surface area contributed by atoms with E-state index in [-0.39, 0.29) is 5.57 Å². The number of anilines is 4. The van der Waals surface area contributed by atoms with E-state index < -0.39 is 23.3 Å². The van der Waals surface area contributed by atoms with Crippen molar-refractivity contribution in [2.45, 2.75) is 5.66 Å². The molecule has 7 heteroatoms. The molecule has 1 saturated heterocycles. The lowest BCUT2D eigenvalue weighted by atomic mass is 9.91. The molecule has 0 aromatic heterocycles. The van der Waals surface area contributed by atoms with E-state index in [9.17, 15) is 14.4 Å². The largest absolute Gasteiger partial charge is 0.353 e. The summed E-state index contributed by atoms with van der Waals surface area (Å²) >= 11 is 0. The normalized spacial score (nSPS) is 21.2. The Labute approximate surface area is 177 Å². The third-order valence-corrected chi connectivity index (χ3v) is 5.86. The summed E-state index contributed by atoms with van der Waals surface area (Å²) < 4.78 is 0. The zero-order valence-electron chi connectivity index (χ0n) is 16.2. The summed E-state index contributed by atoms with van der Waals surface area (Å²) in [7, 11) is 0. The first-order valence-electron chi connectivity index (χ1n) is 9.85. The van der Waals surface area contributed by atoms with E-state index >= 15 is 0 Å². The molecule has 6 rings (SSSR count). The number of carbonyl (C=O) groups is 3. The van der Waals surface area contributed by atoms with Crippen molar-refractivity contribution in [2.24, 2.45) is 0 Å². The summed E-state index contributed by atoms with van der Waals surface area (Å²) in [6.07, 6.45) is 0. The Bertz CT molecular complexity index is 1330. The number of benzene rings is 3. The number of Topliss-reactive ketones (excluding diaryl/α,β-unsaturated/α-hetero) is 1. The SMILES string of the molecule is O=C1C(=O)N2c3ccccc3NC(=O)[C@@]23Nc2ccccc2NC(c2ccccc2)=C13. The second-order valence-electron chi connectivity index (χ2n) is 7.56. The Kier molecular flexibility index (Phi) is 3.41. The molecule has 0 radical (unpaired) electrons. The molecule has 3 aliphatic rings. The predicted molar refractivity (Wildman–Crippen MR) is 117 cm³/mol. The van der Waals surface area contributed by atoms with Crippen LogP contribution in [0.15, 0.2) is 84.4 Å². The standard InChI is InChI=1S/C24H16N4O3/c29-21-19-20(14-8-2-1-3-9-14)25-15-10-4-5-11-16(15)27-24(19)23(31)26-17-12-6-7-13-18(17)28(24)22(21)30/h1-13,25,27H,(H,26,31)/t24-/m0/s1. The molecule has 31 heavy (non-hydrogen) atoms. The van der Waals surface area contributed by atoms with Crippen molar-refractivity contribution in [3.05, 3.63) is 90.0 Å². The van der Waals surface area contributed by atoms with E-state index in [1.54, 1.807) is 24.3 Å². The molecule has 0 saturated carbocycles. The van der Waals surface area contributed by atoms with Gasteiger partial charge in [0.15, 0.2) is 0 Å². The number of rotatable bonds is 1. The summed E-state index contributed by atoms with van der Waals surface area (Å²) in [6, 6.07) is 23.6. The Morgan fingerprint density at radius 2 is 1.32 bits per heavy atom. The van der Waals surface area contributed by atoms with Crippen molar-refractivity contribution >= 4 is 46.0 Å². The summed E-state index contributed by atoms with van der Waals surface area (Å²) in [5, 5.41) is 9.43. The van der Waals surface area contributed by atoms with Crippen molar-refractivity contribution in [2.75, 3.05) is 20.9 Å². The van der Waals surface area contributed by atoms with Crippen LogP contribution in [-0.2, 0) is 14.4 Å². The zero-order valence-corrected chi connectivity index (χ0v) is 16.2. The molecular formula is C24H16N4O3. The van der Waals surface area contributed by atoms with E-state index in [0.717, 1.165) is 0 Å². The first-order valence-corrected chi connectivity index (χ1v) is 9.85. The number of ketones is 1. The number of hydrogen-bond donors (Lipinski definition) is 3. The van der Waals surface area contributed by atoms with Crippen LogP contribution in [-0.4, -0.2) is 23.3 Å². The Hall–Kier alpha value is -4.39. The van der Waals surface area contributed by atoms with Crippen LogP contribution in [0, 0.1) is 0 Å². The number of fused-ring (bicyclic) bond motifs is 3. The molecule has 0 bridgehead atoms. The molecule has 1 fully saturated rings. The van der Waals surface area contributed by atoms with E-state index in [1.165, 1.54) is 4.90 Å². The lowest BCUT2D eigenvalue weighted by Crippen LogP contribution is -2.63. The minimum Gasteiger partial charge on any atom is -0.353 e. The van der Waals surface area contributed by atoms with Gasteiger partial charge in [-0.2, -0.15) is 0 Å². The predicted octanol–water partition coefficient (Wildman–Crippen LogP) is 3.20.